The van der Waals surface area contributed by atoms with Gasteiger partial charge in [0.05, 0.1) is 5.92 Å². The Labute approximate surface area is 115 Å². The van der Waals surface area contributed by atoms with Crippen LogP contribution in [0.2, 0.25) is 0 Å². The minimum absolute atomic E-state index is 0.146. The molecule has 0 saturated carbocycles. The van der Waals surface area contributed by atoms with E-state index >= 15 is 0 Å². The third-order valence-corrected chi connectivity index (χ3v) is 4.45. The van der Waals surface area contributed by atoms with E-state index in [9.17, 15) is 4.79 Å². The Bertz CT molecular complexity index is 498. The van der Waals surface area contributed by atoms with Crippen LogP contribution in [0, 0.1) is 18.8 Å². The van der Waals surface area contributed by atoms with Crippen LogP contribution in [0.1, 0.15) is 24.5 Å². The topological polar surface area (TPSA) is 32.3 Å². The summed E-state index contributed by atoms with van der Waals surface area (Å²) in [5.74, 6) is 0.901. The summed E-state index contributed by atoms with van der Waals surface area (Å²) < 4.78 is 0. The van der Waals surface area contributed by atoms with Gasteiger partial charge in [0.25, 0.3) is 0 Å². The van der Waals surface area contributed by atoms with Crippen LogP contribution < -0.4 is 10.2 Å². The number of carbonyl (C=O) groups is 1. The molecule has 3 heteroatoms. The van der Waals surface area contributed by atoms with Crippen LogP contribution in [0.25, 0.3) is 0 Å². The van der Waals surface area contributed by atoms with Gasteiger partial charge in [-0.1, -0.05) is 24.6 Å². The summed E-state index contributed by atoms with van der Waals surface area (Å²) in [5, 5.41) is 3.33. The minimum atomic E-state index is 0.146. The van der Waals surface area contributed by atoms with Gasteiger partial charge in [-0.15, -0.1) is 0 Å². The van der Waals surface area contributed by atoms with E-state index in [0.29, 0.717) is 11.8 Å². The van der Waals surface area contributed by atoms with Crippen LogP contribution in [0.15, 0.2) is 18.2 Å². The van der Waals surface area contributed by atoms with Crippen molar-refractivity contribution in [3.05, 3.63) is 29.3 Å². The van der Waals surface area contributed by atoms with E-state index in [0.717, 1.165) is 38.2 Å². The fourth-order valence-corrected chi connectivity index (χ4v) is 3.30. The molecule has 2 heterocycles. The van der Waals surface area contributed by atoms with Gasteiger partial charge in [0.1, 0.15) is 0 Å². The molecule has 19 heavy (non-hydrogen) atoms. The number of hydrogen-bond acceptors (Lipinski definition) is 2. The Morgan fingerprint density at radius 3 is 2.95 bits per heavy atom. The summed E-state index contributed by atoms with van der Waals surface area (Å²) in [7, 11) is 0. The van der Waals surface area contributed by atoms with Crippen molar-refractivity contribution in [1.29, 1.82) is 0 Å². The molecule has 0 aliphatic carbocycles. The Morgan fingerprint density at radius 2 is 2.21 bits per heavy atom. The number of hydrogen-bond donors (Lipinski definition) is 1. The second kappa shape index (κ2) is 4.97. The lowest BCUT2D eigenvalue weighted by Gasteiger charge is -2.32. The molecule has 1 amide bonds. The van der Waals surface area contributed by atoms with Gasteiger partial charge in [0.15, 0.2) is 0 Å². The zero-order valence-corrected chi connectivity index (χ0v) is 11.8. The van der Waals surface area contributed by atoms with Crippen molar-refractivity contribution >= 4 is 11.6 Å². The van der Waals surface area contributed by atoms with E-state index in [1.54, 1.807) is 0 Å². The summed E-state index contributed by atoms with van der Waals surface area (Å²) in [5.41, 5.74) is 3.75. The molecule has 2 atom stereocenters. The van der Waals surface area contributed by atoms with Crippen LogP contribution in [0.4, 0.5) is 5.69 Å². The molecule has 1 aromatic carbocycles. The average molecular weight is 258 g/mol. The first-order chi connectivity index (χ1) is 9.16. The van der Waals surface area contributed by atoms with Crippen molar-refractivity contribution in [3.63, 3.8) is 0 Å². The smallest absolute Gasteiger partial charge is 0.231 e. The molecule has 1 fully saturated rings. The predicted molar refractivity (Wildman–Crippen MR) is 77.4 cm³/mol. The predicted octanol–water partition coefficient (Wildman–Crippen LogP) is 2.13. The van der Waals surface area contributed by atoms with Crippen LogP contribution in [0.3, 0.4) is 0 Å². The molecular weight excluding hydrogens is 236 g/mol. The number of amides is 1. The summed E-state index contributed by atoms with van der Waals surface area (Å²) >= 11 is 0. The monoisotopic (exact) mass is 258 g/mol. The molecule has 0 aromatic heterocycles. The molecule has 1 saturated heterocycles. The molecule has 102 valence electrons. The zero-order valence-electron chi connectivity index (χ0n) is 11.8. The first-order valence-electron chi connectivity index (χ1n) is 7.28. The van der Waals surface area contributed by atoms with E-state index in [1.807, 2.05) is 4.90 Å². The maximum atomic E-state index is 12.7. The van der Waals surface area contributed by atoms with E-state index in [4.69, 9.17) is 0 Å². The van der Waals surface area contributed by atoms with Gasteiger partial charge >= 0.3 is 0 Å². The highest BCUT2D eigenvalue weighted by atomic mass is 16.2. The van der Waals surface area contributed by atoms with E-state index in [2.05, 4.69) is 37.4 Å². The number of anilines is 1. The highest BCUT2D eigenvalue weighted by Crippen LogP contribution is 2.30. The highest BCUT2D eigenvalue weighted by molar-refractivity contribution is 5.96. The van der Waals surface area contributed by atoms with Gasteiger partial charge < -0.3 is 10.2 Å². The molecule has 0 bridgehead atoms. The van der Waals surface area contributed by atoms with Crippen molar-refractivity contribution in [2.24, 2.45) is 11.8 Å². The molecule has 2 aliphatic rings. The standard InChI is InChI=1S/C16H22N2O/c1-11-5-6-15-13(8-11)4-3-7-18(15)16(19)14-10-17-9-12(14)2/h5-6,8,12,14,17H,3-4,7,9-10H2,1-2H3. The van der Waals surface area contributed by atoms with Crippen molar-refractivity contribution in [2.45, 2.75) is 26.7 Å². The van der Waals surface area contributed by atoms with Gasteiger partial charge in [-0.2, -0.15) is 0 Å². The maximum Gasteiger partial charge on any atom is 0.231 e. The van der Waals surface area contributed by atoms with Gasteiger partial charge in [0.2, 0.25) is 5.91 Å². The second-order valence-electron chi connectivity index (χ2n) is 5.97. The first-order valence-corrected chi connectivity index (χ1v) is 7.28. The van der Waals surface area contributed by atoms with Gasteiger partial charge in [-0.25, -0.2) is 0 Å². The van der Waals surface area contributed by atoms with Crippen LogP contribution in [0.5, 0.6) is 0 Å². The third-order valence-electron chi connectivity index (χ3n) is 4.45. The van der Waals surface area contributed by atoms with Crippen LogP contribution >= 0.6 is 0 Å². The maximum absolute atomic E-state index is 12.7. The zero-order chi connectivity index (χ0) is 13.4. The number of nitrogens with zero attached hydrogens (tertiary/aromatic N) is 1. The summed E-state index contributed by atoms with van der Waals surface area (Å²) in [6, 6.07) is 6.46. The lowest BCUT2D eigenvalue weighted by molar-refractivity contribution is -0.122. The van der Waals surface area contributed by atoms with Crippen molar-refractivity contribution in [2.75, 3.05) is 24.5 Å². The summed E-state index contributed by atoms with van der Waals surface area (Å²) in [6.45, 7) is 6.95. The molecule has 3 nitrogen and oxygen atoms in total. The van der Waals surface area contributed by atoms with E-state index in [1.165, 1.54) is 11.1 Å². The molecular formula is C16H22N2O. The van der Waals surface area contributed by atoms with Gasteiger partial charge in [-0.05, 0) is 43.9 Å². The molecule has 2 unspecified atom stereocenters. The number of fused-ring (bicyclic) bond motifs is 1. The van der Waals surface area contributed by atoms with Crippen molar-refractivity contribution in [3.8, 4) is 0 Å². The van der Waals surface area contributed by atoms with E-state index < -0.39 is 0 Å². The third kappa shape index (κ3) is 2.27. The van der Waals surface area contributed by atoms with Crippen molar-refractivity contribution < 1.29 is 4.79 Å². The fourth-order valence-electron chi connectivity index (χ4n) is 3.30. The number of carbonyl (C=O) groups excluding carboxylic acids is 1. The lowest BCUT2D eigenvalue weighted by Crippen LogP contribution is -2.41. The lowest BCUT2D eigenvalue weighted by atomic mass is 9.93. The minimum Gasteiger partial charge on any atom is -0.316 e. The van der Waals surface area contributed by atoms with Gasteiger partial charge in [-0.3, -0.25) is 4.79 Å². The highest BCUT2D eigenvalue weighted by Gasteiger charge is 2.34. The number of nitrogens with one attached hydrogen (secondary N) is 1. The first kappa shape index (κ1) is 12.7. The SMILES string of the molecule is Cc1ccc2c(c1)CCCN2C(=O)C1CNCC1C. The normalized spacial score (nSPS) is 26.3. The Hall–Kier alpha value is -1.35. The summed E-state index contributed by atoms with van der Waals surface area (Å²) in [6.07, 6.45) is 2.18. The Kier molecular flexibility index (Phi) is 3.31. The quantitative estimate of drug-likeness (QED) is 0.837. The molecule has 0 radical (unpaired) electrons. The number of rotatable bonds is 1. The average Bonchev–Trinajstić information content (AvgIpc) is 2.83. The fraction of sp³-hybridized carbons (Fsp3) is 0.562. The largest absolute Gasteiger partial charge is 0.316 e. The van der Waals surface area contributed by atoms with Crippen molar-refractivity contribution in [1.82, 2.24) is 5.32 Å². The Morgan fingerprint density at radius 1 is 1.37 bits per heavy atom. The summed E-state index contributed by atoms with van der Waals surface area (Å²) in [4.78, 5) is 14.8. The molecule has 1 aromatic rings. The Balaban J connectivity index is 1.89. The molecule has 0 spiro atoms. The second-order valence-corrected chi connectivity index (χ2v) is 5.97. The number of aryl methyl sites for hydroxylation is 2. The number of benzene rings is 1. The van der Waals surface area contributed by atoms with E-state index in [-0.39, 0.29) is 5.92 Å². The van der Waals surface area contributed by atoms with Crippen LogP contribution in [-0.4, -0.2) is 25.5 Å². The molecule has 1 N–H and O–H groups in total. The van der Waals surface area contributed by atoms with Crippen LogP contribution in [-0.2, 0) is 11.2 Å². The molecule has 2 aliphatic heterocycles. The molecule has 3 rings (SSSR count). The van der Waals surface area contributed by atoms with Gasteiger partial charge in [0, 0.05) is 18.8 Å².